The summed E-state index contributed by atoms with van der Waals surface area (Å²) in [5.74, 6) is 0.354. The predicted octanol–water partition coefficient (Wildman–Crippen LogP) is 2.74. The molecule has 0 aromatic rings. The first-order chi connectivity index (χ1) is 10.0. The van der Waals surface area contributed by atoms with Gasteiger partial charge in [-0.25, -0.2) is 9.59 Å². The summed E-state index contributed by atoms with van der Waals surface area (Å²) in [5, 5.41) is 8.49. The molecule has 0 radical (unpaired) electrons. The second-order valence-corrected chi connectivity index (χ2v) is 6.00. The van der Waals surface area contributed by atoms with Crippen LogP contribution < -0.4 is 16.0 Å². The van der Waals surface area contributed by atoms with Gasteiger partial charge in [0.05, 0.1) is 6.61 Å². The Kier molecular flexibility index (Phi) is 7.93. The van der Waals surface area contributed by atoms with Crippen LogP contribution in [0.4, 0.5) is 9.59 Å². The SMILES string of the molecule is CCOC(=O)NC(CC(C)C)NC(=O)NC1CCCCC1. The number of nitrogens with one attached hydrogen (secondary N) is 3. The number of alkyl carbamates (subject to hydrolysis) is 1. The summed E-state index contributed by atoms with van der Waals surface area (Å²) in [4.78, 5) is 23.5. The van der Waals surface area contributed by atoms with Crippen LogP contribution in [0.1, 0.15) is 59.3 Å². The highest BCUT2D eigenvalue weighted by molar-refractivity contribution is 5.75. The van der Waals surface area contributed by atoms with Gasteiger partial charge in [-0.1, -0.05) is 33.1 Å². The van der Waals surface area contributed by atoms with Crippen molar-refractivity contribution in [3.63, 3.8) is 0 Å². The molecular weight excluding hydrogens is 270 g/mol. The van der Waals surface area contributed by atoms with Crippen molar-refractivity contribution in [2.24, 2.45) is 5.92 Å². The van der Waals surface area contributed by atoms with Crippen molar-refractivity contribution in [3.05, 3.63) is 0 Å². The van der Waals surface area contributed by atoms with E-state index >= 15 is 0 Å². The Hall–Kier alpha value is -1.46. The van der Waals surface area contributed by atoms with E-state index in [1.165, 1.54) is 19.3 Å². The molecular formula is C15H29N3O3. The van der Waals surface area contributed by atoms with Gasteiger partial charge in [0.2, 0.25) is 0 Å². The molecule has 3 amide bonds. The van der Waals surface area contributed by atoms with Gasteiger partial charge in [0.15, 0.2) is 0 Å². The fourth-order valence-corrected chi connectivity index (χ4v) is 2.57. The van der Waals surface area contributed by atoms with E-state index in [0.717, 1.165) is 12.8 Å². The molecule has 1 saturated carbocycles. The Balaban J connectivity index is 2.42. The Labute approximate surface area is 127 Å². The predicted molar refractivity (Wildman–Crippen MR) is 81.9 cm³/mol. The number of hydrogen-bond acceptors (Lipinski definition) is 3. The molecule has 0 bridgehead atoms. The van der Waals surface area contributed by atoms with Gasteiger partial charge >= 0.3 is 12.1 Å². The van der Waals surface area contributed by atoms with E-state index in [-0.39, 0.29) is 12.1 Å². The topological polar surface area (TPSA) is 79.5 Å². The normalized spacial score (nSPS) is 17.1. The first kappa shape index (κ1) is 17.6. The highest BCUT2D eigenvalue weighted by atomic mass is 16.5. The summed E-state index contributed by atoms with van der Waals surface area (Å²) < 4.78 is 4.86. The van der Waals surface area contributed by atoms with Crippen LogP contribution in [0.15, 0.2) is 0 Å². The molecule has 1 aliphatic rings. The third-order valence-corrected chi connectivity index (χ3v) is 3.52. The highest BCUT2D eigenvalue weighted by Crippen LogP contribution is 2.17. The monoisotopic (exact) mass is 299 g/mol. The molecule has 6 nitrogen and oxygen atoms in total. The van der Waals surface area contributed by atoms with Crippen LogP contribution >= 0.6 is 0 Å². The quantitative estimate of drug-likeness (QED) is 0.660. The van der Waals surface area contributed by atoms with Gasteiger partial charge in [-0.05, 0) is 32.1 Å². The molecule has 1 atom stereocenters. The van der Waals surface area contributed by atoms with Crippen molar-refractivity contribution < 1.29 is 14.3 Å². The minimum atomic E-state index is -0.499. The lowest BCUT2D eigenvalue weighted by Gasteiger charge is -2.26. The molecule has 0 aromatic heterocycles. The fraction of sp³-hybridized carbons (Fsp3) is 0.867. The molecule has 1 unspecified atom stereocenters. The summed E-state index contributed by atoms with van der Waals surface area (Å²) in [6.07, 6.45) is 5.41. The maximum Gasteiger partial charge on any atom is 0.408 e. The molecule has 21 heavy (non-hydrogen) atoms. The summed E-state index contributed by atoms with van der Waals surface area (Å²) in [6.45, 7) is 6.15. The van der Waals surface area contributed by atoms with Gasteiger partial charge < -0.3 is 20.7 Å². The molecule has 6 heteroatoms. The van der Waals surface area contributed by atoms with E-state index in [1.54, 1.807) is 6.92 Å². The van der Waals surface area contributed by atoms with Crippen LogP contribution in [-0.2, 0) is 4.74 Å². The van der Waals surface area contributed by atoms with Crippen LogP contribution in [0.5, 0.6) is 0 Å². The van der Waals surface area contributed by atoms with Gasteiger partial charge in [0.25, 0.3) is 0 Å². The standard InChI is InChI=1S/C15H29N3O3/c1-4-21-15(20)18-13(10-11(2)3)17-14(19)16-12-8-6-5-7-9-12/h11-13H,4-10H2,1-3H3,(H,18,20)(H2,16,17,19). The largest absolute Gasteiger partial charge is 0.450 e. The lowest BCUT2D eigenvalue weighted by molar-refractivity contribution is 0.144. The van der Waals surface area contributed by atoms with Crippen LogP contribution in [0.3, 0.4) is 0 Å². The molecule has 122 valence electrons. The van der Waals surface area contributed by atoms with E-state index in [1.807, 2.05) is 13.8 Å². The Morgan fingerprint density at radius 3 is 2.38 bits per heavy atom. The minimum Gasteiger partial charge on any atom is -0.450 e. The third kappa shape index (κ3) is 7.78. The number of carbonyl (C=O) groups excluding carboxylic acids is 2. The molecule has 0 spiro atoms. The van der Waals surface area contributed by atoms with E-state index in [0.29, 0.717) is 18.9 Å². The number of urea groups is 1. The van der Waals surface area contributed by atoms with E-state index in [4.69, 9.17) is 4.74 Å². The van der Waals surface area contributed by atoms with E-state index in [9.17, 15) is 9.59 Å². The minimum absolute atomic E-state index is 0.218. The lowest BCUT2D eigenvalue weighted by atomic mass is 9.96. The molecule has 3 N–H and O–H groups in total. The Morgan fingerprint density at radius 1 is 1.14 bits per heavy atom. The summed E-state index contributed by atoms with van der Waals surface area (Å²) in [5.41, 5.74) is 0. The number of rotatable bonds is 6. The molecule has 1 aliphatic carbocycles. The zero-order valence-electron chi connectivity index (χ0n) is 13.4. The molecule has 0 heterocycles. The first-order valence-corrected chi connectivity index (χ1v) is 8.01. The zero-order chi connectivity index (χ0) is 15.7. The van der Waals surface area contributed by atoms with Gasteiger partial charge in [-0.15, -0.1) is 0 Å². The van der Waals surface area contributed by atoms with Crippen molar-refractivity contribution >= 4 is 12.1 Å². The molecule has 1 fully saturated rings. The third-order valence-electron chi connectivity index (χ3n) is 3.52. The second kappa shape index (κ2) is 9.47. The number of carbonyl (C=O) groups is 2. The number of hydrogen-bond donors (Lipinski definition) is 3. The maximum absolute atomic E-state index is 12.0. The van der Waals surface area contributed by atoms with Crippen LogP contribution in [0.25, 0.3) is 0 Å². The van der Waals surface area contributed by atoms with Gasteiger partial charge in [0.1, 0.15) is 6.17 Å². The average Bonchev–Trinajstić information content (AvgIpc) is 2.38. The second-order valence-electron chi connectivity index (χ2n) is 6.00. The van der Waals surface area contributed by atoms with E-state index < -0.39 is 12.3 Å². The average molecular weight is 299 g/mol. The Bertz CT molecular complexity index is 328. The lowest BCUT2D eigenvalue weighted by Crippen LogP contribution is -2.53. The van der Waals surface area contributed by atoms with Crippen molar-refractivity contribution in [3.8, 4) is 0 Å². The smallest absolute Gasteiger partial charge is 0.408 e. The van der Waals surface area contributed by atoms with Crippen molar-refractivity contribution in [2.45, 2.75) is 71.5 Å². The van der Waals surface area contributed by atoms with Crippen molar-refractivity contribution in [2.75, 3.05) is 6.61 Å². The molecule has 0 aromatic carbocycles. The Morgan fingerprint density at radius 2 is 1.81 bits per heavy atom. The van der Waals surface area contributed by atoms with E-state index in [2.05, 4.69) is 16.0 Å². The molecule has 0 aliphatic heterocycles. The van der Waals surface area contributed by atoms with Crippen LogP contribution in [-0.4, -0.2) is 30.9 Å². The first-order valence-electron chi connectivity index (χ1n) is 8.01. The van der Waals surface area contributed by atoms with Crippen LogP contribution in [0.2, 0.25) is 0 Å². The van der Waals surface area contributed by atoms with Gasteiger partial charge in [0, 0.05) is 6.04 Å². The van der Waals surface area contributed by atoms with Gasteiger partial charge in [-0.2, -0.15) is 0 Å². The number of ether oxygens (including phenoxy) is 1. The zero-order valence-corrected chi connectivity index (χ0v) is 13.4. The molecule has 0 saturated heterocycles. The number of amides is 3. The summed E-state index contributed by atoms with van der Waals surface area (Å²) >= 11 is 0. The summed E-state index contributed by atoms with van der Waals surface area (Å²) in [7, 11) is 0. The van der Waals surface area contributed by atoms with Crippen LogP contribution in [0, 0.1) is 5.92 Å². The fourth-order valence-electron chi connectivity index (χ4n) is 2.57. The van der Waals surface area contributed by atoms with Crippen molar-refractivity contribution in [1.29, 1.82) is 0 Å². The molecule has 1 rings (SSSR count). The highest BCUT2D eigenvalue weighted by Gasteiger charge is 2.20. The maximum atomic E-state index is 12.0. The summed E-state index contributed by atoms with van der Waals surface area (Å²) in [6, 6.07) is 0.0328. The van der Waals surface area contributed by atoms with Crippen molar-refractivity contribution in [1.82, 2.24) is 16.0 Å². The van der Waals surface area contributed by atoms with Gasteiger partial charge in [-0.3, -0.25) is 0 Å².